The van der Waals surface area contributed by atoms with Crippen LogP contribution < -0.4 is 10.5 Å². The number of sulfonamides is 1. The third kappa shape index (κ3) is 3.38. The maximum atomic E-state index is 12.1. The Bertz CT molecular complexity index is 672. The van der Waals surface area contributed by atoms with Crippen molar-refractivity contribution in [1.82, 2.24) is 4.72 Å². The molecule has 0 radical (unpaired) electrons. The summed E-state index contributed by atoms with van der Waals surface area (Å²) in [5.41, 5.74) is 7.44. The van der Waals surface area contributed by atoms with E-state index in [2.05, 4.69) is 10.8 Å². The van der Waals surface area contributed by atoms with Gasteiger partial charge < -0.3 is 5.73 Å². The number of benzene rings is 1. The largest absolute Gasteiger partial charge is 0.398 e. The predicted molar refractivity (Wildman–Crippen MR) is 77.3 cm³/mol. The molecule has 0 bridgehead atoms. The summed E-state index contributed by atoms with van der Waals surface area (Å²) in [6, 6.07) is 6.11. The first-order valence-corrected chi connectivity index (χ1v) is 7.98. The molecule has 0 spiro atoms. The number of nitrogens with zero attached hydrogens (tertiary/aromatic N) is 1. The molecule has 0 unspecified atom stereocenters. The highest BCUT2D eigenvalue weighted by atomic mass is 32.2. The average molecular weight is 291 g/mol. The third-order valence-electron chi connectivity index (χ3n) is 3.30. The summed E-state index contributed by atoms with van der Waals surface area (Å²) in [7, 11) is -3.62. The fourth-order valence-electron chi connectivity index (χ4n) is 2.25. The van der Waals surface area contributed by atoms with E-state index < -0.39 is 10.0 Å². The number of nitrogen functional groups attached to an aromatic ring is 1. The maximum absolute atomic E-state index is 12.1. The van der Waals surface area contributed by atoms with Gasteiger partial charge in [-0.2, -0.15) is 5.26 Å². The van der Waals surface area contributed by atoms with Crippen molar-refractivity contribution in [3.63, 3.8) is 0 Å². The minimum absolute atomic E-state index is 0.0249. The van der Waals surface area contributed by atoms with Gasteiger partial charge in [0.25, 0.3) is 0 Å². The van der Waals surface area contributed by atoms with Gasteiger partial charge in [0.05, 0.1) is 17.3 Å². The van der Waals surface area contributed by atoms with Gasteiger partial charge in [-0.05, 0) is 43.9 Å². The van der Waals surface area contributed by atoms with Gasteiger partial charge in [-0.15, -0.1) is 0 Å². The van der Waals surface area contributed by atoms with Crippen molar-refractivity contribution in [2.24, 2.45) is 0 Å². The number of rotatable bonds is 5. The van der Waals surface area contributed by atoms with Crippen LogP contribution in [0.15, 0.2) is 34.7 Å². The van der Waals surface area contributed by atoms with Gasteiger partial charge in [-0.1, -0.05) is 11.6 Å². The van der Waals surface area contributed by atoms with E-state index in [1.54, 1.807) is 0 Å². The Hall–Kier alpha value is -1.84. The number of hydrogen-bond donors (Lipinski definition) is 2. The van der Waals surface area contributed by atoms with Crippen LogP contribution in [-0.4, -0.2) is 15.0 Å². The van der Waals surface area contributed by atoms with Crippen LogP contribution >= 0.6 is 0 Å². The molecular weight excluding hydrogens is 274 g/mol. The van der Waals surface area contributed by atoms with Gasteiger partial charge in [-0.3, -0.25) is 0 Å². The van der Waals surface area contributed by atoms with E-state index in [4.69, 9.17) is 11.0 Å². The van der Waals surface area contributed by atoms with Crippen molar-refractivity contribution in [1.29, 1.82) is 5.26 Å². The third-order valence-corrected chi connectivity index (χ3v) is 4.84. The fraction of sp³-hybridized carbons (Fsp3) is 0.357. The Morgan fingerprint density at radius 3 is 2.80 bits per heavy atom. The number of nitrogens with one attached hydrogen (secondary N) is 1. The predicted octanol–water partition coefficient (Wildman–Crippen LogP) is 1.92. The molecule has 1 aliphatic carbocycles. The molecule has 2 rings (SSSR count). The van der Waals surface area contributed by atoms with E-state index in [-0.39, 0.29) is 10.6 Å². The van der Waals surface area contributed by atoms with Gasteiger partial charge in [0.2, 0.25) is 10.0 Å². The number of nitrogens with two attached hydrogens (primary N) is 1. The Balaban J connectivity index is 2.04. The van der Waals surface area contributed by atoms with E-state index >= 15 is 0 Å². The minimum Gasteiger partial charge on any atom is -0.398 e. The normalized spacial score (nSPS) is 14.8. The molecule has 3 N–H and O–H groups in total. The summed E-state index contributed by atoms with van der Waals surface area (Å²) in [5.74, 6) is 0. The van der Waals surface area contributed by atoms with Crippen molar-refractivity contribution < 1.29 is 8.42 Å². The monoisotopic (exact) mass is 291 g/mol. The van der Waals surface area contributed by atoms with Crippen molar-refractivity contribution in [3.8, 4) is 6.07 Å². The zero-order valence-electron chi connectivity index (χ0n) is 11.1. The molecule has 20 heavy (non-hydrogen) atoms. The van der Waals surface area contributed by atoms with Crippen LogP contribution in [0.3, 0.4) is 0 Å². The Labute approximate surface area is 119 Å². The number of allylic oxidation sites excluding steroid dienone is 1. The summed E-state index contributed by atoms with van der Waals surface area (Å²) >= 11 is 0. The molecule has 0 saturated heterocycles. The lowest BCUT2D eigenvalue weighted by atomic mass is 10.2. The van der Waals surface area contributed by atoms with Crippen molar-refractivity contribution >= 4 is 15.7 Å². The van der Waals surface area contributed by atoms with E-state index in [0.29, 0.717) is 12.1 Å². The lowest BCUT2D eigenvalue weighted by Crippen LogP contribution is -2.25. The van der Waals surface area contributed by atoms with Crippen molar-refractivity contribution in [2.45, 2.75) is 30.6 Å². The SMILES string of the molecule is N#Cc1ccc(S(=O)(=O)NCCC2=CCCC2)c(N)c1. The average Bonchev–Trinajstić information content (AvgIpc) is 2.91. The molecule has 0 heterocycles. The number of nitriles is 1. The molecular formula is C14H17N3O2S. The van der Waals surface area contributed by atoms with E-state index in [0.717, 1.165) is 25.7 Å². The molecule has 0 saturated carbocycles. The lowest BCUT2D eigenvalue weighted by molar-refractivity contribution is 0.581. The van der Waals surface area contributed by atoms with Gasteiger partial charge in [0.15, 0.2) is 0 Å². The van der Waals surface area contributed by atoms with Crippen LogP contribution in [0.1, 0.15) is 31.2 Å². The summed E-state index contributed by atoms with van der Waals surface area (Å²) < 4.78 is 26.8. The lowest BCUT2D eigenvalue weighted by Gasteiger charge is -2.09. The molecule has 0 amide bonds. The zero-order valence-corrected chi connectivity index (χ0v) is 11.9. The van der Waals surface area contributed by atoms with E-state index in [1.807, 2.05) is 6.07 Å². The minimum atomic E-state index is -3.62. The van der Waals surface area contributed by atoms with E-state index in [9.17, 15) is 8.42 Å². The maximum Gasteiger partial charge on any atom is 0.242 e. The van der Waals surface area contributed by atoms with Crippen molar-refractivity contribution in [2.75, 3.05) is 12.3 Å². The second-order valence-electron chi connectivity index (χ2n) is 4.77. The molecule has 1 aromatic carbocycles. The zero-order chi connectivity index (χ0) is 14.6. The van der Waals surface area contributed by atoms with Crippen LogP contribution in [0, 0.1) is 11.3 Å². The molecule has 0 aliphatic heterocycles. The van der Waals surface area contributed by atoms with Crippen LogP contribution in [-0.2, 0) is 10.0 Å². The Morgan fingerprint density at radius 2 is 2.20 bits per heavy atom. The van der Waals surface area contributed by atoms with Crippen LogP contribution in [0.25, 0.3) is 0 Å². The van der Waals surface area contributed by atoms with Crippen LogP contribution in [0.4, 0.5) is 5.69 Å². The van der Waals surface area contributed by atoms with Gasteiger partial charge in [0, 0.05) is 6.54 Å². The summed E-state index contributed by atoms with van der Waals surface area (Å²) in [4.78, 5) is 0.0249. The van der Waals surface area contributed by atoms with Gasteiger partial charge >= 0.3 is 0 Å². The second-order valence-corrected chi connectivity index (χ2v) is 6.50. The first kappa shape index (κ1) is 14.6. The van der Waals surface area contributed by atoms with Crippen LogP contribution in [0.2, 0.25) is 0 Å². The molecule has 5 nitrogen and oxygen atoms in total. The molecule has 0 aromatic heterocycles. The highest BCUT2D eigenvalue weighted by Crippen LogP contribution is 2.21. The molecule has 0 atom stereocenters. The first-order chi connectivity index (χ1) is 9.53. The molecule has 106 valence electrons. The molecule has 1 aliphatic rings. The Kier molecular flexibility index (Phi) is 4.42. The quantitative estimate of drug-likeness (QED) is 0.640. The first-order valence-electron chi connectivity index (χ1n) is 6.50. The standard InChI is InChI=1S/C14H17N3O2S/c15-10-12-5-6-14(13(16)9-12)20(18,19)17-8-7-11-3-1-2-4-11/h3,5-6,9,17H,1-2,4,7-8,16H2. The molecule has 0 fully saturated rings. The van der Waals surface area contributed by atoms with Crippen molar-refractivity contribution in [3.05, 3.63) is 35.4 Å². The summed E-state index contributed by atoms with van der Waals surface area (Å²) in [6.45, 7) is 0.369. The van der Waals surface area contributed by atoms with E-state index in [1.165, 1.54) is 23.8 Å². The Morgan fingerprint density at radius 1 is 1.40 bits per heavy atom. The van der Waals surface area contributed by atoms with Crippen LogP contribution in [0.5, 0.6) is 0 Å². The summed E-state index contributed by atoms with van der Waals surface area (Å²) in [5, 5.41) is 8.74. The second kappa shape index (κ2) is 6.07. The smallest absolute Gasteiger partial charge is 0.242 e. The van der Waals surface area contributed by atoms with Gasteiger partial charge in [0.1, 0.15) is 4.90 Å². The number of hydrogen-bond acceptors (Lipinski definition) is 4. The highest BCUT2D eigenvalue weighted by Gasteiger charge is 2.17. The number of anilines is 1. The summed E-state index contributed by atoms with van der Waals surface area (Å²) in [6.07, 6.45) is 6.20. The molecule has 6 heteroatoms. The topological polar surface area (TPSA) is 96.0 Å². The molecule has 1 aromatic rings. The van der Waals surface area contributed by atoms with Gasteiger partial charge in [-0.25, -0.2) is 13.1 Å². The highest BCUT2D eigenvalue weighted by molar-refractivity contribution is 7.89. The fourth-order valence-corrected chi connectivity index (χ4v) is 3.39.